The molecule has 0 aliphatic carbocycles. The van der Waals surface area contributed by atoms with E-state index in [4.69, 9.17) is 0 Å². The fourth-order valence-corrected chi connectivity index (χ4v) is 3.67. The van der Waals surface area contributed by atoms with Crippen LogP contribution in [0.25, 0.3) is 0 Å². The second-order valence-corrected chi connectivity index (χ2v) is 6.96. The Hall–Kier alpha value is -2.20. The summed E-state index contributed by atoms with van der Waals surface area (Å²) in [6.45, 7) is 1.78. The van der Waals surface area contributed by atoms with Crippen LogP contribution in [0.1, 0.15) is 4.88 Å². The van der Waals surface area contributed by atoms with Gasteiger partial charge in [-0.25, -0.2) is 13.4 Å². The quantitative estimate of drug-likeness (QED) is 0.642. The Balaban J connectivity index is 2.46. The van der Waals surface area contributed by atoms with Crippen LogP contribution in [-0.4, -0.2) is 25.4 Å². The van der Waals surface area contributed by atoms with Gasteiger partial charge in [-0.1, -0.05) is 0 Å². The van der Waals surface area contributed by atoms with Crippen molar-refractivity contribution >= 4 is 37.9 Å². The highest BCUT2D eigenvalue weighted by atomic mass is 32.2. The highest BCUT2D eigenvalue weighted by Crippen LogP contribution is 2.29. The van der Waals surface area contributed by atoms with Gasteiger partial charge in [0.2, 0.25) is 0 Å². The van der Waals surface area contributed by atoms with Gasteiger partial charge in [-0.3, -0.25) is 14.8 Å². The van der Waals surface area contributed by atoms with Gasteiger partial charge in [-0.05, 0) is 19.1 Å². The third-order valence-electron chi connectivity index (χ3n) is 2.58. The van der Waals surface area contributed by atoms with Crippen molar-refractivity contribution in [1.29, 1.82) is 0 Å². The second kappa shape index (κ2) is 5.66. The predicted octanol–water partition coefficient (Wildman–Crippen LogP) is 2.20. The zero-order valence-corrected chi connectivity index (χ0v) is 12.8. The molecule has 0 atom stereocenters. The molecule has 10 heteroatoms. The minimum absolute atomic E-state index is 0.166. The molecule has 0 aliphatic rings. The van der Waals surface area contributed by atoms with Gasteiger partial charge in [0, 0.05) is 29.9 Å². The van der Waals surface area contributed by atoms with Crippen LogP contribution in [0, 0.1) is 17.0 Å². The van der Waals surface area contributed by atoms with E-state index in [0.717, 1.165) is 16.2 Å². The maximum atomic E-state index is 12.3. The van der Waals surface area contributed by atoms with E-state index in [2.05, 4.69) is 15.0 Å². The van der Waals surface area contributed by atoms with E-state index in [1.807, 2.05) is 0 Å². The molecule has 0 unspecified atom stereocenters. The molecule has 0 radical (unpaired) electrons. The molecule has 112 valence electrons. The summed E-state index contributed by atoms with van der Waals surface area (Å²) >= 11 is 1.15. The van der Waals surface area contributed by atoms with E-state index in [-0.39, 0.29) is 5.13 Å². The van der Waals surface area contributed by atoms with Crippen LogP contribution < -0.4 is 10.0 Å². The van der Waals surface area contributed by atoms with Crippen LogP contribution in [0.4, 0.5) is 16.5 Å². The molecule has 1 aromatic heterocycles. The lowest BCUT2D eigenvalue weighted by Crippen LogP contribution is -2.14. The van der Waals surface area contributed by atoms with E-state index in [9.17, 15) is 18.5 Å². The lowest BCUT2D eigenvalue weighted by Gasteiger charge is -2.07. The number of sulfonamides is 1. The van der Waals surface area contributed by atoms with Crippen LogP contribution in [0.15, 0.2) is 29.3 Å². The second-order valence-electron chi connectivity index (χ2n) is 4.07. The maximum absolute atomic E-state index is 12.3. The number of aryl methyl sites for hydroxylation is 1. The predicted molar refractivity (Wildman–Crippen MR) is 80.3 cm³/mol. The first-order chi connectivity index (χ1) is 9.83. The summed E-state index contributed by atoms with van der Waals surface area (Å²) in [5.74, 6) is 0. The number of nitro groups is 1. The summed E-state index contributed by atoms with van der Waals surface area (Å²) in [4.78, 5) is 14.6. The first-order valence-corrected chi connectivity index (χ1v) is 8.05. The van der Waals surface area contributed by atoms with E-state index >= 15 is 0 Å². The van der Waals surface area contributed by atoms with E-state index in [0.29, 0.717) is 5.69 Å². The van der Waals surface area contributed by atoms with Crippen LogP contribution in [0.2, 0.25) is 0 Å². The van der Waals surface area contributed by atoms with Crippen molar-refractivity contribution in [2.75, 3.05) is 17.1 Å². The van der Waals surface area contributed by atoms with Gasteiger partial charge in [0.05, 0.1) is 4.92 Å². The lowest BCUT2D eigenvalue weighted by atomic mass is 10.3. The molecule has 2 aromatic rings. The largest absolute Gasteiger partial charge is 0.388 e. The molecule has 0 aliphatic heterocycles. The Bertz CT molecular complexity index is 785. The van der Waals surface area contributed by atoms with Crippen molar-refractivity contribution in [1.82, 2.24) is 4.98 Å². The SMILES string of the molecule is CNc1ccc(S(=O)(=O)Nc2ncc(C)s2)c([N+](=O)[O-])c1. The molecule has 8 nitrogen and oxygen atoms in total. The first kappa shape index (κ1) is 15.2. The van der Waals surface area contributed by atoms with Crippen molar-refractivity contribution in [3.05, 3.63) is 39.4 Å². The van der Waals surface area contributed by atoms with Crippen LogP contribution >= 0.6 is 11.3 Å². The Morgan fingerprint density at radius 3 is 2.62 bits per heavy atom. The van der Waals surface area contributed by atoms with Gasteiger partial charge in [0.15, 0.2) is 10.0 Å². The third kappa shape index (κ3) is 3.28. The molecule has 0 amide bonds. The molecule has 0 bridgehead atoms. The summed E-state index contributed by atoms with van der Waals surface area (Å²) < 4.78 is 26.8. The molecule has 1 aromatic carbocycles. The zero-order valence-electron chi connectivity index (χ0n) is 11.2. The topological polar surface area (TPSA) is 114 Å². The first-order valence-electron chi connectivity index (χ1n) is 5.75. The number of benzene rings is 1. The molecular formula is C11H12N4O4S2. The molecule has 0 saturated carbocycles. The van der Waals surface area contributed by atoms with Gasteiger partial charge >= 0.3 is 0 Å². The van der Waals surface area contributed by atoms with Gasteiger partial charge in [0.25, 0.3) is 15.7 Å². The highest BCUT2D eigenvalue weighted by Gasteiger charge is 2.27. The molecule has 2 rings (SSSR count). The molecule has 1 heterocycles. The number of hydrogen-bond donors (Lipinski definition) is 2. The normalized spacial score (nSPS) is 11.1. The fourth-order valence-electron chi connectivity index (χ4n) is 1.61. The summed E-state index contributed by atoms with van der Waals surface area (Å²) in [6, 6.07) is 3.81. The van der Waals surface area contributed by atoms with Crippen molar-refractivity contribution in [3.8, 4) is 0 Å². The fraction of sp³-hybridized carbons (Fsp3) is 0.182. The average molecular weight is 328 g/mol. The number of nitro benzene ring substituents is 1. The molecule has 0 fully saturated rings. The Labute approximate surface area is 125 Å². The van der Waals surface area contributed by atoms with Crippen molar-refractivity contribution in [2.45, 2.75) is 11.8 Å². The number of nitrogens with zero attached hydrogens (tertiary/aromatic N) is 2. The number of nitrogens with one attached hydrogen (secondary N) is 2. The van der Waals surface area contributed by atoms with Gasteiger partial charge in [-0.15, -0.1) is 11.3 Å². The third-order valence-corrected chi connectivity index (χ3v) is 4.92. The maximum Gasteiger partial charge on any atom is 0.291 e. The molecule has 2 N–H and O–H groups in total. The van der Waals surface area contributed by atoms with E-state index in [1.54, 1.807) is 14.0 Å². The lowest BCUT2D eigenvalue weighted by molar-refractivity contribution is -0.387. The van der Waals surface area contributed by atoms with Crippen molar-refractivity contribution < 1.29 is 13.3 Å². The average Bonchev–Trinajstić information content (AvgIpc) is 2.82. The Kier molecular flexibility index (Phi) is 4.09. The van der Waals surface area contributed by atoms with Gasteiger partial charge in [-0.2, -0.15) is 0 Å². The number of thiazole rings is 1. The number of anilines is 2. The minimum atomic E-state index is -4.07. The minimum Gasteiger partial charge on any atom is -0.388 e. The zero-order chi connectivity index (χ0) is 15.6. The molecule has 0 saturated heterocycles. The van der Waals surface area contributed by atoms with Crippen LogP contribution in [0.3, 0.4) is 0 Å². The van der Waals surface area contributed by atoms with Crippen molar-refractivity contribution in [3.63, 3.8) is 0 Å². The smallest absolute Gasteiger partial charge is 0.291 e. The van der Waals surface area contributed by atoms with E-state index in [1.165, 1.54) is 24.4 Å². The van der Waals surface area contributed by atoms with Crippen LogP contribution in [0.5, 0.6) is 0 Å². The summed E-state index contributed by atoms with van der Waals surface area (Å²) in [5, 5.41) is 14.0. The number of aromatic nitrogens is 1. The van der Waals surface area contributed by atoms with E-state index < -0.39 is 25.5 Å². The van der Waals surface area contributed by atoms with Gasteiger partial charge < -0.3 is 5.32 Å². The standard InChI is InChI=1S/C11H12N4O4S2/c1-7-6-13-11(20-7)14-21(18,19)10-4-3-8(12-2)5-9(10)15(16)17/h3-6,12H,1-2H3,(H,13,14). The summed E-state index contributed by atoms with van der Waals surface area (Å²) in [5.41, 5.74) is -0.0478. The monoisotopic (exact) mass is 328 g/mol. The summed E-state index contributed by atoms with van der Waals surface area (Å²) in [7, 11) is -2.49. The molecule has 21 heavy (non-hydrogen) atoms. The molecular weight excluding hydrogens is 316 g/mol. The Morgan fingerprint density at radius 1 is 1.38 bits per heavy atom. The number of rotatable bonds is 5. The van der Waals surface area contributed by atoms with Crippen molar-refractivity contribution in [2.24, 2.45) is 0 Å². The van der Waals surface area contributed by atoms with Crippen LogP contribution in [-0.2, 0) is 10.0 Å². The Morgan fingerprint density at radius 2 is 2.10 bits per heavy atom. The summed E-state index contributed by atoms with van der Waals surface area (Å²) in [6.07, 6.45) is 1.51. The van der Waals surface area contributed by atoms with Gasteiger partial charge in [0.1, 0.15) is 0 Å². The molecule has 0 spiro atoms. The highest BCUT2D eigenvalue weighted by molar-refractivity contribution is 7.93. The number of hydrogen-bond acceptors (Lipinski definition) is 7.